The first-order chi connectivity index (χ1) is 13.6. The number of aliphatic imine (C=N–C) groups is 1. The Labute approximate surface area is 171 Å². The van der Waals surface area contributed by atoms with E-state index in [1.165, 1.54) is 17.8 Å². The number of para-hydroxylation sites is 2. The minimum atomic E-state index is -0.203. The molecule has 1 aliphatic heterocycles. The van der Waals surface area contributed by atoms with Crippen molar-refractivity contribution in [2.45, 2.75) is 0 Å². The van der Waals surface area contributed by atoms with Crippen LogP contribution < -0.4 is 4.90 Å². The molecule has 1 heterocycles. The van der Waals surface area contributed by atoms with Gasteiger partial charge in [-0.25, -0.2) is 4.99 Å². The first-order valence-corrected chi connectivity index (χ1v) is 9.72. The molecular weight excluding hydrogens is 392 g/mol. The Morgan fingerprint density at radius 3 is 2.36 bits per heavy atom. The van der Waals surface area contributed by atoms with Crippen LogP contribution in [0.25, 0.3) is 6.08 Å². The van der Waals surface area contributed by atoms with E-state index in [0.717, 1.165) is 11.4 Å². The third-order valence-electron chi connectivity index (χ3n) is 4.08. The largest absolute Gasteiger partial charge is 0.507 e. The normalized spacial score (nSPS) is 16.9. The quantitative estimate of drug-likeness (QED) is 0.554. The maximum absolute atomic E-state index is 13.1. The number of phenols is 1. The van der Waals surface area contributed by atoms with Crippen LogP contribution in [0.15, 0.2) is 88.8 Å². The van der Waals surface area contributed by atoms with Crippen molar-refractivity contribution < 1.29 is 9.90 Å². The number of carbonyl (C=O) groups is 1. The van der Waals surface area contributed by atoms with Gasteiger partial charge in [-0.1, -0.05) is 48.0 Å². The van der Waals surface area contributed by atoms with Crippen LogP contribution >= 0.6 is 23.4 Å². The number of rotatable bonds is 3. The standard InChI is InChI=1S/C22H15ClN2O2S/c23-16-11-12-19(26)15(13-16)14-20-21(27)25(18-9-5-2-6-10-18)22(28-20)24-17-7-3-1-4-8-17/h1-14,26H. The highest BCUT2D eigenvalue weighted by atomic mass is 35.5. The number of anilines is 1. The van der Waals surface area contributed by atoms with E-state index in [4.69, 9.17) is 11.6 Å². The SMILES string of the molecule is O=C1C(=Cc2cc(Cl)ccc2O)SC(=Nc2ccccc2)N1c1ccccc1. The number of nitrogens with zero attached hydrogens (tertiary/aromatic N) is 2. The van der Waals surface area contributed by atoms with E-state index < -0.39 is 0 Å². The molecule has 1 aliphatic rings. The monoisotopic (exact) mass is 406 g/mol. The van der Waals surface area contributed by atoms with Gasteiger partial charge < -0.3 is 5.11 Å². The van der Waals surface area contributed by atoms with Crippen LogP contribution in [0.1, 0.15) is 5.56 Å². The number of thioether (sulfide) groups is 1. The summed E-state index contributed by atoms with van der Waals surface area (Å²) in [6.07, 6.45) is 1.64. The molecule has 4 nitrogen and oxygen atoms in total. The third kappa shape index (κ3) is 3.81. The smallest absolute Gasteiger partial charge is 0.271 e. The van der Waals surface area contributed by atoms with E-state index in [9.17, 15) is 9.90 Å². The zero-order valence-electron chi connectivity index (χ0n) is 14.6. The van der Waals surface area contributed by atoms with E-state index in [-0.39, 0.29) is 11.7 Å². The first kappa shape index (κ1) is 18.3. The molecule has 0 bridgehead atoms. The number of aromatic hydroxyl groups is 1. The summed E-state index contributed by atoms with van der Waals surface area (Å²) < 4.78 is 0. The van der Waals surface area contributed by atoms with Crippen molar-refractivity contribution >= 4 is 51.9 Å². The Morgan fingerprint density at radius 2 is 1.64 bits per heavy atom. The van der Waals surface area contributed by atoms with Gasteiger partial charge in [0.15, 0.2) is 5.17 Å². The van der Waals surface area contributed by atoms with Crippen LogP contribution in [0.3, 0.4) is 0 Å². The summed E-state index contributed by atoms with van der Waals surface area (Å²) in [6.45, 7) is 0. The van der Waals surface area contributed by atoms with E-state index in [1.807, 2.05) is 60.7 Å². The maximum Gasteiger partial charge on any atom is 0.271 e. The topological polar surface area (TPSA) is 52.9 Å². The van der Waals surface area contributed by atoms with Crippen molar-refractivity contribution in [3.63, 3.8) is 0 Å². The van der Waals surface area contributed by atoms with Crippen molar-refractivity contribution in [2.24, 2.45) is 4.99 Å². The molecule has 0 atom stereocenters. The molecular formula is C22H15ClN2O2S. The summed E-state index contributed by atoms with van der Waals surface area (Å²) >= 11 is 7.29. The van der Waals surface area contributed by atoms with Gasteiger partial charge >= 0.3 is 0 Å². The predicted octanol–water partition coefficient (Wildman–Crippen LogP) is 5.85. The zero-order chi connectivity index (χ0) is 19.5. The summed E-state index contributed by atoms with van der Waals surface area (Å²) in [5, 5.41) is 11.1. The van der Waals surface area contributed by atoms with Gasteiger partial charge in [0, 0.05) is 10.6 Å². The fourth-order valence-corrected chi connectivity index (χ4v) is 3.92. The van der Waals surface area contributed by atoms with Gasteiger partial charge in [-0.15, -0.1) is 0 Å². The van der Waals surface area contributed by atoms with Gasteiger partial charge in [-0.2, -0.15) is 0 Å². The summed E-state index contributed by atoms with van der Waals surface area (Å²) in [5.74, 6) is -0.143. The minimum Gasteiger partial charge on any atom is -0.507 e. The number of amidine groups is 1. The Morgan fingerprint density at radius 1 is 0.964 bits per heavy atom. The van der Waals surface area contributed by atoms with Gasteiger partial charge in [0.05, 0.1) is 16.3 Å². The van der Waals surface area contributed by atoms with Gasteiger partial charge in [-0.3, -0.25) is 9.69 Å². The zero-order valence-corrected chi connectivity index (χ0v) is 16.2. The molecule has 0 saturated carbocycles. The lowest BCUT2D eigenvalue weighted by Crippen LogP contribution is -2.28. The van der Waals surface area contributed by atoms with E-state index >= 15 is 0 Å². The molecule has 4 rings (SSSR count). The highest BCUT2D eigenvalue weighted by Gasteiger charge is 2.34. The fourth-order valence-electron chi connectivity index (χ4n) is 2.75. The lowest BCUT2D eigenvalue weighted by atomic mass is 10.2. The van der Waals surface area contributed by atoms with Gasteiger partial charge in [0.2, 0.25) is 0 Å². The Bertz CT molecular complexity index is 1080. The van der Waals surface area contributed by atoms with Gasteiger partial charge in [0.1, 0.15) is 5.75 Å². The van der Waals surface area contributed by atoms with Crippen molar-refractivity contribution in [3.05, 3.63) is 94.4 Å². The lowest BCUT2D eigenvalue weighted by Gasteiger charge is -2.15. The molecule has 28 heavy (non-hydrogen) atoms. The van der Waals surface area contributed by atoms with Crippen molar-refractivity contribution in [1.29, 1.82) is 0 Å². The maximum atomic E-state index is 13.1. The molecule has 1 saturated heterocycles. The Kier molecular flexibility index (Phi) is 5.19. The summed E-state index contributed by atoms with van der Waals surface area (Å²) in [4.78, 5) is 19.8. The average molecular weight is 407 g/mol. The molecule has 6 heteroatoms. The Balaban J connectivity index is 1.79. The predicted molar refractivity (Wildman–Crippen MR) is 116 cm³/mol. The second-order valence-corrected chi connectivity index (χ2v) is 7.47. The average Bonchev–Trinajstić information content (AvgIpc) is 3.01. The molecule has 1 fully saturated rings. The van der Waals surface area contributed by atoms with E-state index in [1.54, 1.807) is 23.1 Å². The number of amides is 1. The first-order valence-electron chi connectivity index (χ1n) is 8.53. The molecule has 1 amide bonds. The van der Waals surface area contributed by atoms with Crippen LogP contribution in [0.4, 0.5) is 11.4 Å². The van der Waals surface area contributed by atoms with Crippen LogP contribution in [0.2, 0.25) is 5.02 Å². The molecule has 0 aliphatic carbocycles. The summed E-state index contributed by atoms with van der Waals surface area (Å²) in [6, 6.07) is 23.6. The van der Waals surface area contributed by atoms with Crippen LogP contribution in [0, 0.1) is 0 Å². The molecule has 0 unspecified atom stereocenters. The molecule has 0 spiro atoms. The van der Waals surface area contributed by atoms with Crippen molar-refractivity contribution in [2.75, 3.05) is 4.90 Å². The number of hydrogen-bond donors (Lipinski definition) is 1. The molecule has 0 aromatic heterocycles. The molecule has 3 aromatic rings. The molecule has 0 radical (unpaired) electrons. The Hall–Kier alpha value is -3.02. The number of halogens is 1. The second kappa shape index (κ2) is 7.92. The lowest BCUT2D eigenvalue weighted by molar-refractivity contribution is -0.113. The van der Waals surface area contributed by atoms with Crippen LogP contribution in [-0.2, 0) is 4.79 Å². The number of phenolic OH excluding ortho intramolecular Hbond substituents is 1. The fraction of sp³-hybridized carbons (Fsp3) is 0. The number of hydrogen-bond acceptors (Lipinski definition) is 4. The third-order valence-corrected chi connectivity index (χ3v) is 5.28. The minimum absolute atomic E-state index is 0.0602. The van der Waals surface area contributed by atoms with Gasteiger partial charge in [0.25, 0.3) is 5.91 Å². The van der Waals surface area contributed by atoms with Crippen molar-refractivity contribution in [1.82, 2.24) is 0 Å². The van der Waals surface area contributed by atoms with Crippen molar-refractivity contribution in [3.8, 4) is 5.75 Å². The van der Waals surface area contributed by atoms with Crippen LogP contribution in [-0.4, -0.2) is 16.2 Å². The second-order valence-electron chi connectivity index (χ2n) is 6.02. The summed E-state index contributed by atoms with van der Waals surface area (Å²) in [5.41, 5.74) is 1.97. The van der Waals surface area contributed by atoms with E-state index in [2.05, 4.69) is 4.99 Å². The molecule has 138 valence electrons. The van der Waals surface area contributed by atoms with Crippen LogP contribution in [0.5, 0.6) is 5.75 Å². The molecule has 1 N–H and O–H groups in total. The van der Waals surface area contributed by atoms with Gasteiger partial charge in [-0.05, 0) is 60.3 Å². The molecule has 3 aromatic carbocycles. The highest BCUT2D eigenvalue weighted by Crippen LogP contribution is 2.38. The number of benzene rings is 3. The highest BCUT2D eigenvalue weighted by molar-refractivity contribution is 8.19. The summed E-state index contributed by atoms with van der Waals surface area (Å²) in [7, 11) is 0. The number of carbonyl (C=O) groups excluding carboxylic acids is 1. The van der Waals surface area contributed by atoms with E-state index in [0.29, 0.717) is 20.7 Å².